The largest absolute Gasteiger partial charge is 0.328 e. The summed E-state index contributed by atoms with van der Waals surface area (Å²) in [6, 6.07) is 2.36. The Hall–Kier alpha value is -1.00. The monoisotopic (exact) mass is 248 g/mol. The van der Waals surface area contributed by atoms with E-state index in [0.29, 0.717) is 5.92 Å². The summed E-state index contributed by atoms with van der Waals surface area (Å²) in [4.78, 5) is 11.6. The molecule has 2 heterocycles. The van der Waals surface area contributed by atoms with Gasteiger partial charge in [0.05, 0.1) is 0 Å². The first-order valence-electron chi connectivity index (χ1n) is 6.83. The van der Waals surface area contributed by atoms with Crippen LogP contribution < -0.4 is 5.73 Å². The zero-order chi connectivity index (χ0) is 13.1. The van der Waals surface area contributed by atoms with E-state index in [2.05, 4.69) is 29.9 Å². The maximum absolute atomic E-state index is 5.79. The lowest BCUT2D eigenvalue weighted by Crippen LogP contribution is -2.17. The van der Waals surface area contributed by atoms with E-state index in [0.717, 1.165) is 30.9 Å². The summed E-state index contributed by atoms with van der Waals surface area (Å²) in [7, 11) is 2.17. The fourth-order valence-electron chi connectivity index (χ4n) is 2.51. The Kier molecular flexibility index (Phi) is 4.30. The number of likely N-dealkylation sites (tertiary alicyclic amines) is 1. The smallest absolute Gasteiger partial charge is 0.128 e. The van der Waals surface area contributed by atoms with Crippen molar-refractivity contribution in [3.63, 3.8) is 0 Å². The molecule has 0 saturated carbocycles. The lowest BCUT2D eigenvalue weighted by Gasteiger charge is -2.12. The summed E-state index contributed by atoms with van der Waals surface area (Å²) in [6.45, 7) is 6.37. The van der Waals surface area contributed by atoms with E-state index in [4.69, 9.17) is 10.7 Å². The number of nitrogens with two attached hydrogens (primary N) is 1. The highest BCUT2D eigenvalue weighted by atomic mass is 15.1. The molecular weight excluding hydrogens is 224 g/mol. The van der Waals surface area contributed by atoms with Gasteiger partial charge in [-0.05, 0) is 46.3 Å². The number of rotatable bonds is 4. The second-order valence-corrected chi connectivity index (χ2v) is 5.61. The third kappa shape index (κ3) is 3.50. The van der Waals surface area contributed by atoms with Crippen LogP contribution in [-0.4, -0.2) is 41.0 Å². The molecule has 1 aromatic rings. The van der Waals surface area contributed by atoms with Gasteiger partial charge in [-0.3, -0.25) is 0 Å². The number of aromatic nitrogens is 2. The molecule has 0 bridgehead atoms. The molecule has 1 aromatic heterocycles. The molecule has 4 nitrogen and oxygen atoms in total. The third-order valence-corrected chi connectivity index (χ3v) is 3.55. The van der Waals surface area contributed by atoms with E-state index in [-0.39, 0.29) is 6.04 Å². The molecule has 2 unspecified atom stereocenters. The molecule has 0 amide bonds. The quantitative estimate of drug-likeness (QED) is 0.877. The van der Waals surface area contributed by atoms with Crippen LogP contribution in [0.3, 0.4) is 0 Å². The first-order valence-corrected chi connectivity index (χ1v) is 6.83. The van der Waals surface area contributed by atoms with E-state index in [1.807, 2.05) is 6.92 Å². The van der Waals surface area contributed by atoms with E-state index in [1.165, 1.54) is 18.7 Å². The van der Waals surface area contributed by atoms with Gasteiger partial charge in [0.15, 0.2) is 0 Å². The fraction of sp³-hybridized carbons (Fsp3) is 0.714. The van der Waals surface area contributed by atoms with E-state index >= 15 is 0 Å². The molecule has 2 atom stereocenters. The number of hydrogen-bond acceptors (Lipinski definition) is 4. The second kappa shape index (κ2) is 5.76. The number of hydrogen-bond donors (Lipinski definition) is 1. The Morgan fingerprint density at radius 3 is 2.89 bits per heavy atom. The second-order valence-electron chi connectivity index (χ2n) is 5.61. The highest BCUT2D eigenvalue weighted by Gasteiger charge is 2.22. The van der Waals surface area contributed by atoms with Gasteiger partial charge in [-0.25, -0.2) is 9.97 Å². The molecular formula is C14H24N4. The van der Waals surface area contributed by atoms with Gasteiger partial charge in [0.1, 0.15) is 5.82 Å². The molecule has 4 heteroatoms. The van der Waals surface area contributed by atoms with Crippen LogP contribution in [0.15, 0.2) is 6.07 Å². The Balaban J connectivity index is 2.11. The molecule has 1 aliphatic heterocycles. The molecule has 0 spiro atoms. The van der Waals surface area contributed by atoms with Crippen LogP contribution in [0.25, 0.3) is 0 Å². The summed E-state index contributed by atoms with van der Waals surface area (Å²) in [5, 5.41) is 0. The lowest BCUT2D eigenvalue weighted by atomic mass is 10.0. The van der Waals surface area contributed by atoms with E-state index in [9.17, 15) is 0 Å². The third-order valence-electron chi connectivity index (χ3n) is 3.55. The normalized spacial score (nSPS) is 22.3. The van der Waals surface area contributed by atoms with Gasteiger partial charge in [0.2, 0.25) is 0 Å². The van der Waals surface area contributed by atoms with Crippen molar-refractivity contribution in [1.82, 2.24) is 14.9 Å². The van der Waals surface area contributed by atoms with Crippen molar-refractivity contribution in [3.05, 3.63) is 23.3 Å². The molecule has 1 aliphatic rings. The molecule has 1 saturated heterocycles. The fourth-order valence-corrected chi connectivity index (χ4v) is 2.51. The van der Waals surface area contributed by atoms with Gasteiger partial charge >= 0.3 is 0 Å². The zero-order valence-corrected chi connectivity index (χ0v) is 11.7. The van der Waals surface area contributed by atoms with Crippen LogP contribution in [-0.2, 0) is 6.42 Å². The minimum atomic E-state index is 0.218. The number of likely N-dealkylation sites (N-methyl/N-ethyl adjacent to an activating group) is 1. The van der Waals surface area contributed by atoms with Crippen molar-refractivity contribution in [3.8, 4) is 0 Å². The first kappa shape index (κ1) is 13.4. The predicted molar refractivity (Wildman–Crippen MR) is 73.6 cm³/mol. The summed E-state index contributed by atoms with van der Waals surface area (Å²) >= 11 is 0. The average Bonchev–Trinajstić information content (AvgIpc) is 2.72. The van der Waals surface area contributed by atoms with E-state index in [1.54, 1.807) is 0 Å². The van der Waals surface area contributed by atoms with Crippen molar-refractivity contribution in [2.75, 3.05) is 20.1 Å². The van der Waals surface area contributed by atoms with Gasteiger partial charge < -0.3 is 10.6 Å². The molecule has 100 valence electrons. The van der Waals surface area contributed by atoms with Crippen molar-refractivity contribution < 1.29 is 0 Å². The number of aryl methyl sites for hydroxylation is 2. The summed E-state index contributed by atoms with van der Waals surface area (Å²) < 4.78 is 0. The molecule has 0 radical (unpaired) electrons. The maximum atomic E-state index is 5.79. The van der Waals surface area contributed by atoms with Gasteiger partial charge in [0, 0.05) is 36.3 Å². The minimum Gasteiger partial charge on any atom is -0.328 e. The predicted octanol–water partition coefficient (Wildman–Crippen LogP) is 1.48. The highest BCUT2D eigenvalue weighted by Crippen LogP contribution is 2.25. The van der Waals surface area contributed by atoms with Gasteiger partial charge in [0.25, 0.3) is 0 Å². The summed E-state index contributed by atoms with van der Waals surface area (Å²) in [5.41, 5.74) is 8.09. The summed E-state index contributed by atoms with van der Waals surface area (Å²) in [5.74, 6) is 1.53. The highest BCUT2D eigenvalue weighted by molar-refractivity contribution is 5.16. The minimum absolute atomic E-state index is 0.218. The topological polar surface area (TPSA) is 55.0 Å². The Morgan fingerprint density at radius 2 is 2.28 bits per heavy atom. The average molecular weight is 248 g/mol. The van der Waals surface area contributed by atoms with Crippen molar-refractivity contribution in [2.45, 2.75) is 45.1 Å². The van der Waals surface area contributed by atoms with Gasteiger partial charge in [-0.2, -0.15) is 0 Å². The lowest BCUT2D eigenvalue weighted by molar-refractivity contribution is 0.410. The maximum Gasteiger partial charge on any atom is 0.128 e. The van der Waals surface area contributed by atoms with Crippen LogP contribution in [0, 0.1) is 6.92 Å². The summed E-state index contributed by atoms with van der Waals surface area (Å²) in [6.07, 6.45) is 3.04. The Morgan fingerprint density at radius 1 is 1.50 bits per heavy atom. The van der Waals surface area contributed by atoms with E-state index < -0.39 is 0 Å². The molecule has 2 rings (SSSR count). The molecule has 1 fully saturated rings. The Bertz CT molecular complexity index is 403. The first-order chi connectivity index (χ1) is 8.54. The van der Waals surface area contributed by atoms with Crippen molar-refractivity contribution in [1.29, 1.82) is 0 Å². The molecule has 0 aromatic carbocycles. The molecule has 0 aliphatic carbocycles. The zero-order valence-electron chi connectivity index (χ0n) is 11.7. The SMILES string of the molecule is Cc1cc(C2CCN(C)C2)nc(CCC(C)N)n1. The van der Waals surface area contributed by atoms with Crippen molar-refractivity contribution in [2.24, 2.45) is 5.73 Å². The molecule has 2 N–H and O–H groups in total. The van der Waals surface area contributed by atoms with Crippen LogP contribution in [0.4, 0.5) is 0 Å². The van der Waals surface area contributed by atoms with Gasteiger partial charge in [-0.1, -0.05) is 0 Å². The molecule has 18 heavy (non-hydrogen) atoms. The van der Waals surface area contributed by atoms with Crippen LogP contribution in [0.2, 0.25) is 0 Å². The Labute approximate surface area is 110 Å². The standard InChI is InChI=1S/C14H24N4/c1-10(15)4-5-14-16-11(2)8-13(17-14)12-6-7-18(3)9-12/h8,10,12H,4-7,9,15H2,1-3H3. The van der Waals surface area contributed by atoms with Crippen molar-refractivity contribution >= 4 is 0 Å². The van der Waals surface area contributed by atoms with Gasteiger partial charge in [-0.15, -0.1) is 0 Å². The van der Waals surface area contributed by atoms with Crippen LogP contribution in [0.1, 0.15) is 42.9 Å². The van der Waals surface area contributed by atoms with Crippen LogP contribution in [0.5, 0.6) is 0 Å². The van der Waals surface area contributed by atoms with Crippen LogP contribution >= 0.6 is 0 Å². The number of nitrogens with zero attached hydrogens (tertiary/aromatic N) is 3.